The van der Waals surface area contributed by atoms with Gasteiger partial charge in [0.15, 0.2) is 0 Å². The molecule has 0 amide bonds. The van der Waals surface area contributed by atoms with Crippen molar-refractivity contribution >= 4 is 5.78 Å². The van der Waals surface area contributed by atoms with Gasteiger partial charge < -0.3 is 5.11 Å². The number of Topliss-reactive ketones (excluding diaryl/α,β-unsaturated/α-hetero) is 1. The number of aliphatic hydroxyl groups is 1. The van der Waals surface area contributed by atoms with Gasteiger partial charge in [0.1, 0.15) is 5.78 Å². The zero-order chi connectivity index (χ0) is 17.4. The van der Waals surface area contributed by atoms with Crippen LogP contribution in [0.1, 0.15) is 90.9 Å². The predicted octanol–water partition coefficient (Wildman–Crippen LogP) is 5.13. The van der Waals surface area contributed by atoms with Crippen LogP contribution in [0.5, 0.6) is 0 Å². The van der Waals surface area contributed by atoms with Crippen LogP contribution in [0.25, 0.3) is 0 Å². The van der Waals surface area contributed by atoms with E-state index in [4.69, 9.17) is 0 Å². The summed E-state index contributed by atoms with van der Waals surface area (Å²) in [6.45, 7) is 4.71. The second-order valence-electron chi connectivity index (χ2n) is 11.6. The average molecular weight is 345 g/mol. The second kappa shape index (κ2) is 5.33. The van der Waals surface area contributed by atoms with Gasteiger partial charge in [0.2, 0.25) is 0 Å². The highest BCUT2D eigenvalue weighted by atomic mass is 16.3. The number of rotatable bonds is 1. The molecule has 0 heterocycles. The number of ketones is 1. The van der Waals surface area contributed by atoms with Crippen molar-refractivity contribution in [2.24, 2.45) is 40.4 Å². The third kappa shape index (κ3) is 2.73. The molecule has 8 aliphatic carbocycles. The second-order valence-corrected chi connectivity index (χ2v) is 11.6. The number of hydrogen-bond acceptors (Lipinski definition) is 2. The molecule has 8 rings (SSSR count). The predicted molar refractivity (Wildman–Crippen MR) is 99.0 cm³/mol. The zero-order valence-electron chi connectivity index (χ0n) is 16.2. The van der Waals surface area contributed by atoms with Gasteiger partial charge in [-0.25, -0.2) is 0 Å². The van der Waals surface area contributed by atoms with Gasteiger partial charge in [-0.1, -0.05) is 20.3 Å². The maximum Gasteiger partial charge on any atom is 0.139 e. The number of carbonyl (C=O) groups excluding carboxylic acids is 1. The van der Waals surface area contributed by atoms with Crippen molar-refractivity contribution in [1.82, 2.24) is 0 Å². The van der Waals surface area contributed by atoms with E-state index in [1.54, 1.807) is 0 Å². The lowest BCUT2D eigenvalue weighted by atomic mass is 9.47. The number of hydrogen-bond donors (Lipinski definition) is 1. The molecule has 2 heteroatoms. The van der Waals surface area contributed by atoms with Crippen LogP contribution in [0.4, 0.5) is 0 Å². The normalized spacial score (nSPS) is 57.6. The van der Waals surface area contributed by atoms with E-state index >= 15 is 0 Å². The van der Waals surface area contributed by atoms with Crippen molar-refractivity contribution in [1.29, 1.82) is 0 Å². The van der Waals surface area contributed by atoms with E-state index in [1.807, 2.05) is 0 Å². The third-order valence-electron chi connectivity index (χ3n) is 9.20. The Hall–Kier alpha value is -0.370. The lowest BCUT2D eigenvalue weighted by Crippen LogP contribution is -2.55. The highest BCUT2D eigenvalue weighted by molar-refractivity contribution is 5.85. The molecule has 0 aromatic carbocycles. The van der Waals surface area contributed by atoms with Gasteiger partial charge >= 0.3 is 0 Å². The van der Waals surface area contributed by atoms with Crippen LogP contribution in [0.3, 0.4) is 0 Å². The van der Waals surface area contributed by atoms with Crippen molar-refractivity contribution in [3.63, 3.8) is 0 Å². The summed E-state index contributed by atoms with van der Waals surface area (Å²) in [4.78, 5) is 11.7. The van der Waals surface area contributed by atoms with E-state index < -0.39 is 0 Å². The molecule has 0 radical (unpaired) electrons. The van der Waals surface area contributed by atoms with Crippen LogP contribution < -0.4 is 0 Å². The highest BCUT2D eigenvalue weighted by Gasteiger charge is 2.56. The lowest BCUT2D eigenvalue weighted by Gasteiger charge is -2.60. The fraction of sp³-hybridized carbons (Fsp3) is 0.957. The van der Waals surface area contributed by atoms with Crippen LogP contribution in [0, 0.1) is 40.4 Å². The van der Waals surface area contributed by atoms with Gasteiger partial charge in [0.25, 0.3) is 0 Å². The van der Waals surface area contributed by atoms with Crippen molar-refractivity contribution in [2.75, 3.05) is 0 Å². The summed E-state index contributed by atoms with van der Waals surface area (Å²) in [7, 11) is 0. The minimum absolute atomic E-state index is 0.236. The smallest absolute Gasteiger partial charge is 0.139 e. The molecule has 8 fully saturated rings. The molecule has 4 atom stereocenters. The molecular weight excluding hydrogens is 308 g/mol. The van der Waals surface area contributed by atoms with Gasteiger partial charge in [0.05, 0.1) is 5.60 Å². The molecule has 8 bridgehead atoms. The maximum atomic E-state index is 11.7. The lowest BCUT2D eigenvalue weighted by molar-refractivity contribution is -0.164. The molecule has 25 heavy (non-hydrogen) atoms. The van der Waals surface area contributed by atoms with Crippen LogP contribution >= 0.6 is 0 Å². The molecule has 0 aromatic rings. The first-order chi connectivity index (χ1) is 11.8. The summed E-state index contributed by atoms with van der Waals surface area (Å²) >= 11 is 0. The maximum absolute atomic E-state index is 11.7. The van der Waals surface area contributed by atoms with Gasteiger partial charge in [-0.05, 0) is 99.2 Å². The first-order valence-electron chi connectivity index (χ1n) is 11.1. The third-order valence-corrected chi connectivity index (χ3v) is 9.20. The minimum Gasteiger partial charge on any atom is -0.390 e. The Labute approximate surface area is 153 Å². The van der Waals surface area contributed by atoms with Crippen LogP contribution in [0.15, 0.2) is 0 Å². The Morgan fingerprint density at radius 1 is 0.880 bits per heavy atom. The van der Waals surface area contributed by atoms with E-state index in [0.717, 1.165) is 37.0 Å². The Morgan fingerprint density at radius 2 is 1.48 bits per heavy atom. The minimum atomic E-state index is -0.236. The first kappa shape index (κ1) is 16.8. The van der Waals surface area contributed by atoms with Crippen LogP contribution in [0.2, 0.25) is 0 Å². The molecule has 1 N–H and O–H groups in total. The summed E-state index contributed by atoms with van der Waals surface area (Å²) in [5.74, 6) is 4.20. The number of carbonyl (C=O) groups is 1. The van der Waals surface area contributed by atoms with Gasteiger partial charge in [0, 0.05) is 11.8 Å². The highest BCUT2D eigenvalue weighted by Crippen LogP contribution is 2.62. The van der Waals surface area contributed by atoms with Gasteiger partial charge in [-0.2, -0.15) is 0 Å². The van der Waals surface area contributed by atoms with Crippen molar-refractivity contribution in [3.05, 3.63) is 0 Å². The SMILES string of the molecule is CC12CC3CC(C1)C(=O)C(C3)C2.CCC12CC3CC(CC(O)(C3)C1)C2. The molecule has 0 saturated heterocycles. The summed E-state index contributed by atoms with van der Waals surface area (Å²) in [6.07, 6.45) is 15.2. The van der Waals surface area contributed by atoms with Crippen molar-refractivity contribution < 1.29 is 9.90 Å². The average Bonchev–Trinajstić information content (AvgIpc) is 2.49. The Balaban J connectivity index is 0.000000112. The Morgan fingerprint density at radius 3 is 1.96 bits per heavy atom. The molecule has 140 valence electrons. The fourth-order valence-corrected chi connectivity index (χ4v) is 8.95. The molecule has 2 nitrogen and oxygen atoms in total. The molecule has 0 aliphatic heterocycles. The fourth-order valence-electron chi connectivity index (χ4n) is 8.95. The summed E-state index contributed by atoms with van der Waals surface area (Å²) in [6, 6.07) is 0. The molecule has 0 aromatic heterocycles. The largest absolute Gasteiger partial charge is 0.390 e. The topological polar surface area (TPSA) is 37.3 Å². The molecule has 4 unspecified atom stereocenters. The Bertz CT molecular complexity index is 547. The van der Waals surface area contributed by atoms with Crippen molar-refractivity contribution in [2.45, 2.75) is 96.5 Å². The van der Waals surface area contributed by atoms with Gasteiger partial charge in [-0.15, -0.1) is 0 Å². The first-order valence-corrected chi connectivity index (χ1v) is 11.1. The van der Waals surface area contributed by atoms with E-state index in [-0.39, 0.29) is 5.60 Å². The van der Waals surface area contributed by atoms with E-state index in [1.165, 1.54) is 57.8 Å². The molecule has 8 aliphatic rings. The molecule has 8 saturated carbocycles. The van der Waals surface area contributed by atoms with Gasteiger partial charge in [-0.3, -0.25) is 4.79 Å². The standard InChI is InChI=1S/C12H20O.C11H16O/c1-2-11-4-9-3-10(5-11)7-12(13,6-9)8-11;1-11-4-7-2-8(5-11)10(12)9(3-7)6-11/h9-10,13H,2-8H2,1H3;7-9H,2-6H2,1H3. The molecule has 0 spiro atoms. The van der Waals surface area contributed by atoms with E-state index in [2.05, 4.69) is 13.8 Å². The van der Waals surface area contributed by atoms with Crippen LogP contribution in [-0.2, 0) is 4.79 Å². The zero-order valence-corrected chi connectivity index (χ0v) is 16.2. The monoisotopic (exact) mass is 344 g/mol. The summed E-state index contributed by atoms with van der Waals surface area (Å²) in [5, 5.41) is 10.4. The van der Waals surface area contributed by atoms with E-state index in [0.29, 0.717) is 28.4 Å². The Kier molecular flexibility index (Phi) is 3.58. The summed E-state index contributed by atoms with van der Waals surface area (Å²) in [5.41, 5.74) is 0.878. The van der Waals surface area contributed by atoms with Crippen molar-refractivity contribution in [3.8, 4) is 0 Å². The quantitative estimate of drug-likeness (QED) is 0.716. The molecular formula is C23H36O2. The summed E-state index contributed by atoms with van der Waals surface area (Å²) < 4.78 is 0. The van der Waals surface area contributed by atoms with E-state index in [9.17, 15) is 9.90 Å². The van der Waals surface area contributed by atoms with Crippen LogP contribution in [-0.4, -0.2) is 16.5 Å².